The molecule has 1 heterocycles. The Morgan fingerprint density at radius 1 is 1.47 bits per heavy atom. The van der Waals surface area contributed by atoms with Crippen molar-refractivity contribution in [3.05, 3.63) is 18.0 Å². The van der Waals surface area contributed by atoms with Crippen LogP contribution >= 0.6 is 0 Å². The molecule has 0 atom stereocenters. The number of aryl methyl sites for hydroxylation is 1. The first-order valence-electron chi connectivity index (χ1n) is 5.83. The first-order chi connectivity index (χ1) is 7.29. The van der Waals surface area contributed by atoms with Gasteiger partial charge < -0.3 is 0 Å². The maximum atomic E-state index is 11.1. The van der Waals surface area contributed by atoms with E-state index in [2.05, 4.69) is 18.2 Å². The predicted octanol–water partition coefficient (Wildman–Crippen LogP) is 2.52. The average molecular weight is 206 g/mol. The zero-order valence-corrected chi connectivity index (χ0v) is 9.28. The fraction of sp³-hybridized carbons (Fsp3) is 0.667. The molecule has 1 aliphatic rings. The van der Waals surface area contributed by atoms with Gasteiger partial charge in [-0.3, -0.25) is 9.48 Å². The summed E-state index contributed by atoms with van der Waals surface area (Å²) in [5.41, 5.74) is 1.32. The number of carbonyl (C=O) groups excluding carboxylic acids is 1. The molecule has 1 saturated carbocycles. The van der Waals surface area contributed by atoms with Crippen LogP contribution in [0.5, 0.6) is 0 Å². The van der Waals surface area contributed by atoms with Gasteiger partial charge in [0.2, 0.25) is 0 Å². The molecule has 0 bridgehead atoms. The summed E-state index contributed by atoms with van der Waals surface area (Å²) >= 11 is 0. The molecule has 0 radical (unpaired) electrons. The monoisotopic (exact) mass is 206 g/mol. The molecular weight excluding hydrogens is 188 g/mol. The van der Waals surface area contributed by atoms with Crippen LogP contribution in [0.3, 0.4) is 0 Å². The normalized spacial score (nSPS) is 18.3. The average Bonchev–Trinajstić information content (AvgIpc) is 2.68. The van der Waals surface area contributed by atoms with E-state index in [0.29, 0.717) is 11.7 Å². The van der Waals surface area contributed by atoms with Gasteiger partial charge in [-0.15, -0.1) is 0 Å². The van der Waals surface area contributed by atoms with Gasteiger partial charge >= 0.3 is 0 Å². The standard InChI is InChI=1S/C12H18N2O/c1-2-7-14-9-11(8-13-14)10-3-5-12(15)6-4-10/h8-10H,2-7H2,1H3. The number of hydrogen-bond donors (Lipinski definition) is 0. The number of hydrogen-bond acceptors (Lipinski definition) is 2. The van der Waals surface area contributed by atoms with E-state index in [9.17, 15) is 4.79 Å². The molecule has 82 valence electrons. The van der Waals surface area contributed by atoms with Crippen LogP contribution in [0.1, 0.15) is 50.5 Å². The van der Waals surface area contributed by atoms with Crippen LogP contribution in [0.2, 0.25) is 0 Å². The predicted molar refractivity (Wildman–Crippen MR) is 58.7 cm³/mol. The van der Waals surface area contributed by atoms with Gasteiger partial charge in [-0.05, 0) is 30.7 Å². The minimum Gasteiger partial charge on any atom is -0.300 e. The Morgan fingerprint density at radius 2 is 2.20 bits per heavy atom. The molecule has 0 aromatic carbocycles. The lowest BCUT2D eigenvalue weighted by atomic mass is 9.85. The third-order valence-corrected chi connectivity index (χ3v) is 3.12. The first kappa shape index (κ1) is 10.4. The summed E-state index contributed by atoms with van der Waals surface area (Å²) in [6.45, 7) is 3.15. The van der Waals surface area contributed by atoms with Crippen molar-refractivity contribution in [1.82, 2.24) is 9.78 Å². The van der Waals surface area contributed by atoms with Crippen molar-refractivity contribution in [1.29, 1.82) is 0 Å². The topological polar surface area (TPSA) is 34.9 Å². The maximum Gasteiger partial charge on any atom is 0.132 e. The SMILES string of the molecule is CCCn1cc(C2CCC(=O)CC2)cn1. The lowest BCUT2D eigenvalue weighted by molar-refractivity contribution is -0.120. The largest absolute Gasteiger partial charge is 0.300 e. The molecule has 3 nitrogen and oxygen atoms in total. The Morgan fingerprint density at radius 3 is 2.87 bits per heavy atom. The van der Waals surface area contributed by atoms with Gasteiger partial charge in [0.05, 0.1) is 6.20 Å². The third kappa shape index (κ3) is 2.46. The minimum absolute atomic E-state index is 0.423. The van der Waals surface area contributed by atoms with Gasteiger partial charge in [0.15, 0.2) is 0 Å². The van der Waals surface area contributed by atoms with Gasteiger partial charge in [0.1, 0.15) is 5.78 Å². The van der Waals surface area contributed by atoms with Gasteiger partial charge in [0, 0.05) is 25.6 Å². The zero-order valence-electron chi connectivity index (χ0n) is 9.28. The fourth-order valence-corrected chi connectivity index (χ4v) is 2.21. The Labute approximate surface area is 90.5 Å². The van der Waals surface area contributed by atoms with Crippen molar-refractivity contribution in [2.75, 3.05) is 0 Å². The molecule has 1 aliphatic carbocycles. The highest BCUT2D eigenvalue weighted by molar-refractivity contribution is 5.79. The summed E-state index contributed by atoms with van der Waals surface area (Å²) in [4.78, 5) is 11.1. The molecule has 0 spiro atoms. The van der Waals surface area contributed by atoms with E-state index in [1.165, 1.54) is 5.56 Å². The van der Waals surface area contributed by atoms with Crippen LogP contribution < -0.4 is 0 Å². The summed E-state index contributed by atoms with van der Waals surface area (Å²) in [7, 11) is 0. The third-order valence-electron chi connectivity index (χ3n) is 3.12. The van der Waals surface area contributed by atoms with Gasteiger partial charge in [-0.1, -0.05) is 6.92 Å². The minimum atomic E-state index is 0.423. The zero-order chi connectivity index (χ0) is 10.7. The number of rotatable bonds is 3. The van der Waals surface area contributed by atoms with Crippen LogP contribution in [0.25, 0.3) is 0 Å². The van der Waals surface area contributed by atoms with Crippen LogP contribution in [0.4, 0.5) is 0 Å². The van der Waals surface area contributed by atoms with E-state index in [4.69, 9.17) is 0 Å². The number of ketones is 1. The van der Waals surface area contributed by atoms with E-state index in [-0.39, 0.29) is 0 Å². The molecule has 0 N–H and O–H groups in total. The van der Waals surface area contributed by atoms with Crippen molar-refractivity contribution in [3.63, 3.8) is 0 Å². The van der Waals surface area contributed by atoms with Crippen molar-refractivity contribution < 1.29 is 4.79 Å². The Bertz CT molecular complexity index is 333. The summed E-state index contributed by atoms with van der Waals surface area (Å²) in [5.74, 6) is 0.987. The van der Waals surface area contributed by atoms with E-state index in [0.717, 1.165) is 38.6 Å². The number of carbonyl (C=O) groups is 1. The number of aromatic nitrogens is 2. The summed E-state index contributed by atoms with van der Waals surface area (Å²) in [6, 6.07) is 0. The maximum absolute atomic E-state index is 11.1. The summed E-state index contributed by atoms with van der Waals surface area (Å²) in [6.07, 6.45) is 8.75. The molecule has 0 aliphatic heterocycles. The highest BCUT2D eigenvalue weighted by Crippen LogP contribution is 2.30. The summed E-state index contributed by atoms with van der Waals surface area (Å²) in [5, 5.41) is 4.33. The lowest BCUT2D eigenvalue weighted by Gasteiger charge is -2.19. The Kier molecular flexibility index (Phi) is 3.19. The quantitative estimate of drug-likeness (QED) is 0.761. The lowest BCUT2D eigenvalue weighted by Crippen LogP contribution is -2.11. The van der Waals surface area contributed by atoms with E-state index in [1.54, 1.807) is 0 Å². The van der Waals surface area contributed by atoms with Crippen molar-refractivity contribution in [2.45, 2.75) is 51.5 Å². The van der Waals surface area contributed by atoms with E-state index in [1.807, 2.05) is 10.9 Å². The molecule has 0 amide bonds. The Balaban J connectivity index is 1.99. The molecular formula is C12H18N2O. The number of nitrogens with zero attached hydrogens (tertiary/aromatic N) is 2. The second kappa shape index (κ2) is 4.60. The van der Waals surface area contributed by atoms with Crippen molar-refractivity contribution >= 4 is 5.78 Å². The fourth-order valence-electron chi connectivity index (χ4n) is 2.21. The smallest absolute Gasteiger partial charge is 0.132 e. The highest BCUT2D eigenvalue weighted by Gasteiger charge is 2.21. The van der Waals surface area contributed by atoms with Crippen LogP contribution in [-0.4, -0.2) is 15.6 Å². The molecule has 0 saturated heterocycles. The van der Waals surface area contributed by atoms with Crippen LogP contribution in [0, 0.1) is 0 Å². The first-order valence-corrected chi connectivity index (χ1v) is 5.83. The molecule has 1 aromatic rings. The van der Waals surface area contributed by atoms with E-state index >= 15 is 0 Å². The van der Waals surface area contributed by atoms with Gasteiger partial charge in [-0.25, -0.2) is 0 Å². The molecule has 2 rings (SSSR count). The number of Topliss-reactive ketones (excluding diaryl/α,β-unsaturated/α-hetero) is 1. The van der Waals surface area contributed by atoms with Gasteiger partial charge in [-0.2, -0.15) is 5.10 Å². The second-order valence-electron chi connectivity index (χ2n) is 4.35. The Hall–Kier alpha value is -1.12. The van der Waals surface area contributed by atoms with Crippen molar-refractivity contribution in [3.8, 4) is 0 Å². The van der Waals surface area contributed by atoms with Crippen molar-refractivity contribution in [2.24, 2.45) is 0 Å². The van der Waals surface area contributed by atoms with Crippen LogP contribution in [-0.2, 0) is 11.3 Å². The molecule has 1 fully saturated rings. The molecule has 0 unspecified atom stereocenters. The van der Waals surface area contributed by atoms with Crippen LogP contribution in [0.15, 0.2) is 12.4 Å². The van der Waals surface area contributed by atoms with E-state index < -0.39 is 0 Å². The molecule has 15 heavy (non-hydrogen) atoms. The molecule has 1 aromatic heterocycles. The second-order valence-corrected chi connectivity index (χ2v) is 4.35. The van der Waals surface area contributed by atoms with Gasteiger partial charge in [0.25, 0.3) is 0 Å². The summed E-state index contributed by atoms with van der Waals surface area (Å²) < 4.78 is 2.01. The highest BCUT2D eigenvalue weighted by atomic mass is 16.1. The molecule has 3 heteroatoms.